The number of fused-ring (bicyclic) bond motifs is 1. The topological polar surface area (TPSA) is 60.5 Å². The lowest BCUT2D eigenvalue weighted by Crippen LogP contribution is -2.30. The summed E-state index contributed by atoms with van der Waals surface area (Å²) in [5.74, 6) is 1.50. The summed E-state index contributed by atoms with van der Waals surface area (Å²) in [5.41, 5.74) is 2.89. The van der Waals surface area contributed by atoms with Crippen LogP contribution in [0, 0.1) is 6.92 Å². The van der Waals surface area contributed by atoms with E-state index in [1.54, 1.807) is 23.5 Å². The zero-order chi connectivity index (χ0) is 20.1. The number of ether oxygens (including phenoxy) is 2. The van der Waals surface area contributed by atoms with Crippen LogP contribution < -0.4 is 14.8 Å². The number of aromatic nitrogens is 1. The van der Waals surface area contributed by atoms with E-state index in [9.17, 15) is 4.79 Å². The Bertz CT molecular complexity index is 1010. The summed E-state index contributed by atoms with van der Waals surface area (Å²) >= 11 is 1.61. The standard InChI is InChI=1S/C23H22N2O3S/c1-16-24-18(15-29-16)14-28-19-9-6-17(7-10-19)8-11-23(26)25-21-12-13-27-22-5-3-2-4-20(21)22/h2-11,15,21H,12-14H2,1H3,(H,25,26)/b11-8+. The minimum atomic E-state index is -0.120. The molecule has 1 aliphatic heterocycles. The van der Waals surface area contributed by atoms with Gasteiger partial charge in [-0.15, -0.1) is 11.3 Å². The highest BCUT2D eigenvalue weighted by atomic mass is 32.1. The van der Waals surface area contributed by atoms with Crippen molar-refractivity contribution in [3.05, 3.63) is 81.8 Å². The second kappa shape index (κ2) is 8.92. The van der Waals surface area contributed by atoms with Gasteiger partial charge in [-0.05, 0) is 36.8 Å². The van der Waals surface area contributed by atoms with E-state index in [0.717, 1.165) is 39.7 Å². The molecule has 4 rings (SSSR count). The van der Waals surface area contributed by atoms with E-state index in [4.69, 9.17) is 9.47 Å². The summed E-state index contributed by atoms with van der Waals surface area (Å²) < 4.78 is 11.4. The first-order valence-electron chi connectivity index (χ1n) is 9.51. The molecular formula is C23H22N2O3S. The van der Waals surface area contributed by atoms with Gasteiger partial charge in [0.25, 0.3) is 0 Å². The Hall–Kier alpha value is -3.12. The van der Waals surface area contributed by atoms with Crippen molar-refractivity contribution in [1.29, 1.82) is 0 Å². The maximum absolute atomic E-state index is 12.4. The third-order valence-electron chi connectivity index (χ3n) is 4.64. The van der Waals surface area contributed by atoms with Crippen LogP contribution in [0.3, 0.4) is 0 Å². The van der Waals surface area contributed by atoms with Crippen molar-refractivity contribution < 1.29 is 14.3 Å². The van der Waals surface area contributed by atoms with Gasteiger partial charge in [-0.25, -0.2) is 4.98 Å². The summed E-state index contributed by atoms with van der Waals surface area (Å²) in [7, 11) is 0. The van der Waals surface area contributed by atoms with Crippen molar-refractivity contribution in [2.45, 2.75) is 26.0 Å². The molecule has 5 nitrogen and oxygen atoms in total. The van der Waals surface area contributed by atoms with Crippen molar-refractivity contribution in [1.82, 2.24) is 10.3 Å². The highest BCUT2D eigenvalue weighted by Crippen LogP contribution is 2.31. The second-order valence-electron chi connectivity index (χ2n) is 6.79. The first kappa shape index (κ1) is 19.2. The molecule has 1 aliphatic rings. The van der Waals surface area contributed by atoms with Crippen molar-refractivity contribution in [2.75, 3.05) is 6.61 Å². The number of carbonyl (C=O) groups is 1. The SMILES string of the molecule is Cc1nc(COc2ccc(/C=C/C(=O)NC3CCOc4ccccc43)cc2)cs1. The number of amides is 1. The van der Waals surface area contributed by atoms with E-state index in [-0.39, 0.29) is 11.9 Å². The molecule has 2 heterocycles. The molecule has 0 spiro atoms. The van der Waals surface area contributed by atoms with Crippen LogP contribution in [0.4, 0.5) is 0 Å². The largest absolute Gasteiger partial charge is 0.493 e. The Morgan fingerprint density at radius 2 is 2.10 bits per heavy atom. The van der Waals surface area contributed by atoms with Gasteiger partial charge in [-0.1, -0.05) is 30.3 Å². The lowest BCUT2D eigenvalue weighted by Gasteiger charge is -2.26. The van der Waals surface area contributed by atoms with Crippen LogP contribution >= 0.6 is 11.3 Å². The maximum atomic E-state index is 12.4. The molecule has 1 aromatic heterocycles. The van der Waals surface area contributed by atoms with Gasteiger partial charge in [0.2, 0.25) is 5.91 Å². The molecule has 0 saturated carbocycles. The van der Waals surface area contributed by atoms with E-state index < -0.39 is 0 Å². The van der Waals surface area contributed by atoms with Gasteiger partial charge >= 0.3 is 0 Å². The number of aryl methyl sites for hydroxylation is 1. The summed E-state index contributed by atoms with van der Waals surface area (Å²) in [5, 5.41) is 6.10. The van der Waals surface area contributed by atoms with Gasteiger partial charge in [0.05, 0.1) is 23.4 Å². The predicted octanol–water partition coefficient (Wildman–Crippen LogP) is 4.68. The van der Waals surface area contributed by atoms with Crippen molar-refractivity contribution in [3.8, 4) is 11.5 Å². The zero-order valence-corrected chi connectivity index (χ0v) is 16.9. The Kier molecular flexibility index (Phi) is 5.91. The number of nitrogens with one attached hydrogen (secondary N) is 1. The van der Waals surface area contributed by atoms with Gasteiger partial charge < -0.3 is 14.8 Å². The summed E-state index contributed by atoms with van der Waals surface area (Å²) in [4.78, 5) is 16.7. The van der Waals surface area contributed by atoms with Crippen LogP contribution in [0.25, 0.3) is 6.08 Å². The summed E-state index contributed by atoms with van der Waals surface area (Å²) in [6.45, 7) is 3.04. The molecule has 0 radical (unpaired) electrons. The molecule has 1 unspecified atom stereocenters. The minimum absolute atomic E-state index is 0.0257. The number of carbonyl (C=O) groups excluding carboxylic acids is 1. The number of hydrogen-bond acceptors (Lipinski definition) is 5. The lowest BCUT2D eigenvalue weighted by atomic mass is 10.0. The molecule has 0 aliphatic carbocycles. The molecular weight excluding hydrogens is 384 g/mol. The maximum Gasteiger partial charge on any atom is 0.244 e. The van der Waals surface area contributed by atoms with Gasteiger partial charge in [0.15, 0.2) is 0 Å². The summed E-state index contributed by atoms with van der Waals surface area (Å²) in [6, 6.07) is 15.4. The minimum Gasteiger partial charge on any atom is -0.493 e. The van der Waals surface area contributed by atoms with Crippen molar-refractivity contribution in [2.24, 2.45) is 0 Å². The van der Waals surface area contributed by atoms with E-state index in [1.165, 1.54) is 0 Å². The molecule has 1 N–H and O–H groups in total. The lowest BCUT2D eigenvalue weighted by molar-refractivity contribution is -0.117. The van der Waals surface area contributed by atoms with Gasteiger partial charge in [-0.3, -0.25) is 4.79 Å². The molecule has 3 aromatic rings. The van der Waals surface area contributed by atoms with Crippen LogP contribution in [0.5, 0.6) is 11.5 Å². The number of benzene rings is 2. The van der Waals surface area contributed by atoms with Gasteiger partial charge in [0.1, 0.15) is 18.1 Å². The van der Waals surface area contributed by atoms with Crippen LogP contribution in [-0.2, 0) is 11.4 Å². The quantitative estimate of drug-likeness (QED) is 0.604. The van der Waals surface area contributed by atoms with Crippen molar-refractivity contribution >= 4 is 23.3 Å². The average Bonchev–Trinajstić information content (AvgIpc) is 3.17. The molecule has 1 atom stereocenters. The number of para-hydroxylation sites is 1. The second-order valence-corrected chi connectivity index (χ2v) is 7.85. The van der Waals surface area contributed by atoms with E-state index >= 15 is 0 Å². The third-order valence-corrected chi connectivity index (χ3v) is 5.46. The van der Waals surface area contributed by atoms with Crippen LogP contribution in [-0.4, -0.2) is 17.5 Å². The van der Waals surface area contributed by atoms with Gasteiger partial charge in [-0.2, -0.15) is 0 Å². The first-order chi connectivity index (χ1) is 14.2. The van der Waals surface area contributed by atoms with E-state index in [0.29, 0.717) is 13.2 Å². The normalized spacial score (nSPS) is 15.6. The molecule has 0 fully saturated rings. The number of thiazole rings is 1. The fourth-order valence-corrected chi connectivity index (χ4v) is 3.79. The molecule has 0 saturated heterocycles. The van der Waals surface area contributed by atoms with E-state index in [1.807, 2.05) is 60.8 Å². The smallest absolute Gasteiger partial charge is 0.244 e. The Balaban J connectivity index is 1.31. The number of rotatable bonds is 6. The predicted molar refractivity (Wildman–Crippen MR) is 114 cm³/mol. The van der Waals surface area contributed by atoms with E-state index in [2.05, 4.69) is 10.3 Å². The highest BCUT2D eigenvalue weighted by molar-refractivity contribution is 7.09. The Morgan fingerprint density at radius 3 is 2.90 bits per heavy atom. The Labute approximate surface area is 174 Å². The first-order valence-corrected chi connectivity index (χ1v) is 10.4. The molecule has 1 amide bonds. The van der Waals surface area contributed by atoms with Crippen LogP contribution in [0.2, 0.25) is 0 Å². The molecule has 148 valence electrons. The average molecular weight is 407 g/mol. The van der Waals surface area contributed by atoms with Gasteiger partial charge in [0, 0.05) is 23.4 Å². The van der Waals surface area contributed by atoms with Crippen molar-refractivity contribution in [3.63, 3.8) is 0 Å². The third kappa shape index (κ3) is 5.03. The number of nitrogens with zero attached hydrogens (tertiary/aromatic N) is 1. The molecule has 0 bridgehead atoms. The molecule has 29 heavy (non-hydrogen) atoms. The fourth-order valence-electron chi connectivity index (χ4n) is 3.19. The van der Waals surface area contributed by atoms with Crippen LogP contribution in [0.15, 0.2) is 60.0 Å². The van der Waals surface area contributed by atoms with Crippen LogP contribution in [0.1, 0.15) is 34.3 Å². The molecule has 6 heteroatoms. The highest BCUT2D eigenvalue weighted by Gasteiger charge is 2.21. The zero-order valence-electron chi connectivity index (χ0n) is 16.1. The molecule has 2 aromatic carbocycles. The summed E-state index contributed by atoms with van der Waals surface area (Å²) in [6.07, 6.45) is 4.13. The number of hydrogen-bond donors (Lipinski definition) is 1. The monoisotopic (exact) mass is 406 g/mol. The fraction of sp³-hybridized carbons (Fsp3) is 0.217. The Morgan fingerprint density at radius 1 is 1.28 bits per heavy atom.